The Morgan fingerprint density at radius 2 is 1.86 bits per heavy atom. The zero-order valence-electron chi connectivity index (χ0n) is 16.6. The Morgan fingerprint density at radius 3 is 2.39 bits per heavy atom. The normalized spacial score (nSPS) is 19.8. The number of pyridine rings is 1. The maximum Gasteiger partial charge on any atom is 0.255 e. The van der Waals surface area contributed by atoms with E-state index in [4.69, 9.17) is 5.73 Å². The summed E-state index contributed by atoms with van der Waals surface area (Å²) in [5.74, 6) is -1.66. The lowest BCUT2D eigenvalue weighted by Gasteiger charge is -2.28. The minimum atomic E-state index is -0.685. The second kappa shape index (κ2) is 7.13. The lowest BCUT2D eigenvalue weighted by molar-refractivity contribution is 0.0919. The number of hydrogen-bond donors (Lipinski definition) is 2. The number of rotatable bonds is 3. The topological polar surface area (TPSA) is 71.2 Å². The second-order valence-corrected chi connectivity index (χ2v) is 8.77. The average Bonchev–Trinajstić information content (AvgIpc) is 2.91. The van der Waals surface area contributed by atoms with Crippen LogP contribution in [0.5, 0.6) is 0 Å². The molecular formula is C21H26F2N4O. The van der Waals surface area contributed by atoms with Crippen molar-refractivity contribution in [1.29, 1.82) is 0 Å². The van der Waals surface area contributed by atoms with Gasteiger partial charge in [-0.3, -0.25) is 9.78 Å². The lowest BCUT2D eigenvalue weighted by atomic mass is 10.00. The Morgan fingerprint density at radius 1 is 1.21 bits per heavy atom. The second-order valence-electron chi connectivity index (χ2n) is 8.77. The molecule has 1 aromatic carbocycles. The monoisotopic (exact) mass is 388 g/mol. The van der Waals surface area contributed by atoms with Gasteiger partial charge in [0, 0.05) is 48.2 Å². The summed E-state index contributed by atoms with van der Waals surface area (Å²) in [6.07, 6.45) is 3.76. The highest BCUT2D eigenvalue weighted by atomic mass is 19.1. The Balaban J connectivity index is 2.17. The molecule has 1 saturated heterocycles. The highest BCUT2D eigenvalue weighted by Crippen LogP contribution is 2.37. The molecule has 0 bridgehead atoms. The summed E-state index contributed by atoms with van der Waals surface area (Å²) in [6, 6.07) is 3.30. The van der Waals surface area contributed by atoms with Crippen molar-refractivity contribution in [3.63, 3.8) is 0 Å². The van der Waals surface area contributed by atoms with E-state index in [9.17, 15) is 13.6 Å². The van der Waals surface area contributed by atoms with E-state index in [1.807, 2.05) is 32.6 Å². The summed E-state index contributed by atoms with van der Waals surface area (Å²) < 4.78 is 27.7. The predicted octanol–water partition coefficient (Wildman–Crippen LogP) is 3.48. The Bertz CT molecular complexity index is 886. The van der Waals surface area contributed by atoms with E-state index in [0.29, 0.717) is 35.5 Å². The van der Waals surface area contributed by atoms with Gasteiger partial charge in [-0.25, -0.2) is 8.78 Å². The first kappa shape index (κ1) is 20.2. The van der Waals surface area contributed by atoms with Crippen LogP contribution in [0.3, 0.4) is 0 Å². The summed E-state index contributed by atoms with van der Waals surface area (Å²) >= 11 is 0. The molecule has 0 radical (unpaired) electrons. The molecule has 0 unspecified atom stereocenters. The number of amides is 1. The van der Waals surface area contributed by atoms with Gasteiger partial charge in [0.05, 0.1) is 11.3 Å². The molecule has 2 aromatic rings. The minimum absolute atomic E-state index is 0.292. The first-order valence-electron chi connectivity index (χ1n) is 9.26. The van der Waals surface area contributed by atoms with E-state index >= 15 is 0 Å². The van der Waals surface area contributed by atoms with E-state index in [1.165, 1.54) is 24.5 Å². The highest BCUT2D eigenvalue weighted by Gasteiger charge is 2.34. The molecule has 5 nitrogen and oxygen atoms in total. The maximum atomic E-state index is 13.9. The van der Waals surface area contributed by atoms with Gasteiger partial charge < -0.3 is 16.0 Å². The number of carbonyl (C=O) groups excluding carboxylic acids is 1. The van der Waals surface area contributed by atoms with Gasteiger partial charge in [-0.05, 0) is 51.8 Å². The Hall–Kier alpha value is -2.54. The summed E-state index contributed by atoms with van der Waals surface area (Å²) in [5, 5.41) is 2.94. The Kier molecular flexibility index (Phi) is 5.14. The third kappa shape index (κ3) is 4.47. The van der Waals surface area contributed by atoms with E-state index in [1.54, 1.807) is 0 Å². The number of nitrogens with two attached hydrogens (primary N) is 1. The van der Waals surface area contributed by atoms with Crippen molar-refractivity contribution in [3.8, 4) is 11.1 Å². The molecule has 150 valence electrons. The molecule has 1 atom stereocenters. The molecule has 1 aliphatic rings. The van der Waals surface area contributed by atoms with Crippen LogP contribution in [0.25, 0.3) is 11.1 Å². The van der Waals surface area contributed by atoms with Gasteiger partial charge in [-0.15, -0.1) is 0 Å². The van der Waals surface area contributed by atoms with Crippen LogP contribution in [-0.2, 0) is 0 Å². The summed E-state index contributed by atoms with van der Waals surface area (Å²) in [7, 11) is 0. The SMILES string of the molecule is CC(C)(C)NC(=O)c1cncc(-c2cc(F)cc(F)c2)c1N1CC[C@](C)(N)C1. The molecule has 0 aliphatic carbocycles. The summed E-state index contributed by atoms with van der Waals surface area (Å²) in [6.45, 7) is 8.77. The third-order valence-corrected chi connectivity index (χ3v) is 4.65. The van der Waals surface area contributed by atoms with E-state index in [-0.39, 0.29) is 5.91 Å². The first-order chi connectivity index (χ1) is 13.0. The fraction of sp³-hybridized carbons (Fsp3) is 0.429. The molecule has 2 heterocycles. The minimum Gasteiger partial charge on any atom is -0.368 e. The van der Waals surface area contributed by atoms with Crippen molar-refractivity contribution in [2.45, 2.75) is 45.2 Å². The Labute approximate surface area is 163 Å². The molecule has 7 heteroatoms. The van der Waals surface area contributed by atoms with Crippen LogP contribution >= 0.6 is 0 Å². The zero-order valence-corrected chi connectivity index (χ0v) is 16.6. The van der Waals surface area contributed by atoms with Gasteiger partial charge in [-0.2, -0.15) is 0 Å². The number of benzene rings is 1. The van der Waals surface area contributed by atoms with E-state index in [2.05, 4.69) is 10.3 Å². The number of nitrogens with one attached hydrogen (secondary N) is 1. The van der Waals surface area contributed by atoms with Crippen LogP contribution in [0.4, 0.5) is 14.5 Å². The van der Waals surface area contributed by atoms with Crippen molar-refractivity contribution in [3.05, 3.63) is 47.8 Å². The fourth-order valence-corrected chi connectivity index (χ4v) is 3.46. The number of nitrogens with zero attached hydrogens (tertiary/aromatic N) is 2. The molecule has 3 N–H and O–H groups in total. The number of halogens is 2. The van der Waals surface area contributed by atoms with Crippen LogP contribution in [0, 0.1) is 11.6 Å². The number of hydrogen-bond acceptors (Lipinski definition) is 4. The van der Waals surface area contributed by atoms with Gasteiger partial charge in [0.2, 0.25) is 0 Å². The highest BCUT2D eigenvalue weighted by molar-refractivity contribution is 6.03. The van der Waals surface area contributed by atoms with Gasteiger partial charge >= 0.3 is 0 Å². The van der Waals surface area contributed by atoms with Gasteiger partial charge in [0.25, 0.3) is 5.91 Å². The van der Waals surface area contributed by atoms with Crippen molar-refractivity contribution in [1.82, 2.24) is 10.3 Å². The third-order valence-electron chi connectivity index (χ3n) is 4.65. The molecule has 1 aliphatic heterocycles. The molecular weight excluding hydrogens is 362 g/mol. The molecule has 0 spiro atoms. The standard InChI is InChI=1S/C21H26F2N4O/c1-20(2,3)26-19(28)17-11-25-10-16(13-7-14(22)9-15(23)8-13)18(17)27-6-5-21(4,24)12-27/h7-11H,5-6,12,24H2,1-4H3,(H,26,28)/t21-/m0/s1. The van der Waals surface area contributed by atoms with Crippen molar-refractivity contribution < 1.29 is 13.6 Å². The summed E-state index contributed by atoms with van der Waals surface area (Å²) in [5.41, 5.74) is 7.22. The molecule has 3 rings (SSSR count). The summed E-state index contributed by atoms with van der Waals surface area (Å²) in [4.78, 5) is 19.1. The van der Waals surface area contributed by atoms with Crippen molar-refractivity contribution in [2.75, 3.05) is 18.0 Å². The van der Waals surface area contributed by atoms with Gasteiger partial charge in [0.15, 0.2) is 0 Å². The van der Waals surface area contributed by atoms with Gasteiger partial charge in [-0.1, -0.05) is 0 Å². The molecule has 1 fully saturated rings. The average molecular weight is 388 g/mol. The van der Waals surface area contributed by atoms with Gasteiger partial charge in [0.1, 0.15) is 11.6 Å². The molecule has 0 saturated carbocycles. The van der Waals surface area contributed by atoms with Crippen molar-refractivity contribution in [2.24, 2.45) is 5.73 Å². The number of anilines is 1. The van der Waals surface area contributed by atoms with Crippen molar-refractivity contribution >= 4 is 11.6 Å². The lowest BCUT2D eigenvalue weighted by Crippen LogP contribution is -2.42. The first-order valence-corrected chi connectivity index (χ1v) is 9.26. The molecule has 1 amide bonds. The zero-order chi connectivity index (χ0) is 20.7. The quantitative estimate of drug-likeness (QED) is 0.845. The smallest absolute Gasteiger partial charge is 0.255 e. The molecule has 28 heavy (non-hydrogen) atoms. The largest absolute Gasteiger partial charge is 0.368 e. The molecule has 1 aromatic heterocycles. The number of carbonyl (C=O) groups is 1. The van der Waals surface area contributed by atoms with Crippen LogP contribution in [-0.4, -0.2) is 35.1 Å². The van der Waals surface area contributed by atoms with Crippen LogP contribution in [0.15, 0.2) is 30.6 Å². The maximum absolute atomic E-state index is 13.9. The number of aromatic nitrogens is 1. The predicted molar refractivity (Wildman–Crippen MR) is 106 cm³/mol. The van der Waals surface area contributed by atoms with E-state index in [0.717, 1.165) is 12.5 Å². The van der Waals surface area contributed by atoms with Crippen LogP contribution in [0.1, 0.15) is 44.5 Å². The van der Waals surface area contributed by atoms with E-state index < -0.39 is 22.7 Å². The van der Waals surface area contributed by atoms with Crippen LogP contribution < -0.4 is 16.0 Å². The van der Waals surface area contributed by atoms with Crippen LogP contribution in [0.2, 0.25) is 0 Å². The fourth-order valence-electron chi connectivity index (χ4n) is 3.46.